The van der Waals surface area contributed by atoms with E-state index in [1.807, 2.05) is 6.92 Å². The second-order valence-electron chi connectivity index (χ2n) is 4.22. The molecule has 1 aromatic carbocycles. The van der Waals surface area contributed by atoms with Gasteiger partial charge in [0, 0.05) is 23.9 Å². The molecule has 0 atom stereocenters. The van der Waals surface area contributed by atoms with Crippen LogP contribution in [0.25, 0.3) is 0 Å². The van der Waals surface area contributed by atoms with Crippen molar-refractivity contribution in [2.24, 2.45) is 0 Å². The highest BCUT2D eigenvalue weighted by atomic mass is 16.6. The molecule has 0 amide bonds. The maximum Gasteiger partial charge on any atom is 0.271 e. The summed E-state index contributed by atoms with van der Waals surface area (Å²) in [6.45, 7) is 1.90. The van der Waals surface area contributed by atoms with E-state index in [4.69, 9.17) is 5.11 Å². The quantitative estimate of drug-likeness (QED) is 0.604. The van der Waals surface area contributed by atoms with Crippen LogP contribution in [-0.2, 0) is 0 Å². The fourth-order valence-electron chi connectivity index (χ4n) is 1.80. The van der Waals surface area contributed by atoms with Gasteiger partial charge in [0.1, 0.15) is 0 Å². The Labute approximate surface area is 93.2 Å². The van der Waals surface area contributed by atoms with Crippen LogP contribution in [0.4, 0.5) is 11.4 Å². The summed E-state index contributed by atoms with van der Waals surface area (Å²) in [5.74, 6) is 0. The lowest BCUT2D eigenvalue weighted by Gasteiger charge is -2.33. The standard InChI is InChI=1S/C11H14N2O3/c1-7-2-3-9(13(15)16)6-11(7)12-8-4-10(14)5-8/h2-3,6,8,10,12,14H,4-5H2,1H3. The molecule has 0 radical (unpaired) electrons. The van der Waals surface area contributed by atoms with E-state index in [0.717, 1.165) is 11.3 Å². The summed E-state index contributed by atoms with van der Waals surface area (Å²) in [6, 6.07) is 5.00. The lowest BCUT2D eigenvalue weighted by Crippen LogP contribution is -2.39. The number of aliphatic hydroxyl groups is 1. The molecular weight excluding hydrogens is 208 g/mol. The zero-order valence-corrected chi connectivity index (χ0v) is 9.01. The van der Waals surface area contributed by atoms with Crippen molar-refractivity contribution >= 4 is 11.4 Å². The van der Waals surface area contributed by atoms with Crippen LogP contribution < -0.4 is 5.32 Å². The second kappa shape index (κ2) is 4.09. The fraction of sp³-hybridized carbons (Fsp3) is 0.455. The van der Waals surface area contributed by atoms with Crippen LogP contribution in [0.2, 0.25) is 0 Å². The molecule has 0 saturated heterocycles. The van der Waals surface area contributed by atoms with Gasteiger partial charge in [-0.1, -0.05) is 6.07 Å². The Kier molecular flexibility index (Phi) is 2.78. The Bertz CT molecular complexity index is 414. The maximum absolute atomic E-state index is 10.6. The van der Waals surface area contributed by atoms with Gasteiger partial charge in [0.05, 0.1) is 11.0 Å². The van der Waals surface area contributed by atoms with Gasteiger partial charge in [-0.2, -0.15) is 0 Å². The average molecular weight is 222 g/mol. The molecule has 0 aromatic heterocycles. The highest BCUT2D eigenvalue weighted by Gasteiger charge is 2.27. The van der Waals surface area contributed by atoms with Crippen LogP contribution >= 0.6 is 0 Å². The van der Waals surface area contributed by atoms with E-state index >= 15 is 0 Å². The van der Waals surface area contributed by atoms with Crippen molar-refractivity contribution < 1.29 is 10.0 Å². The molecule has 0 unspecified atom stereocenters. The van der Waals surface area contributed by atoms with Gasteiger partial charge < -0.3 is 10.4 Å². The van der Waals surface area contributed by atoms with Gasteiger partial charge in [0.2, 0.25) is 0 Å². The number of nitro benzene ring substituents is 1. The molecule has 0 aliphatic heterocycles. The largest absolute Gasteiger partial charge is 0.393 e. The van der Waals surface area contributed by atoms with Gasteiger partial charge >= 0.3 is 0 Å². The van der Waals surface area contributed by atoms with E-state index in [9.17, 15) is 10.1 Å². The van der Waals surface area contributed by atoms with Gasteiger partial charge in [0.25, 0.3) is 5.69 Å². The van der Waals surface area contributed by atoms with Crippen LogP contribution in [0.5, 0.6) is 0 Å². The molecule has 1 aliphatic rings. The molecule has 1 aliphatic carbocycles. The molecule has 5 heteroatoms. The zero-order valence-electron chi connectivity index (χ0n) is 9.01. The fourth-order valence-corrected chi connectivity index (χ4v) is 1.80. The van der Waals surface area contributed by atoms with Crippen LogP contribution in [0.3, 0.4) is 0 Å². The number of hydrogen-bond acceptors (Lipinski definition) is 4. The first kappa shape index (κ1) is 10.9. The zero-order chi connectivity index (χ0) is 11.7. The maximum atomic E-state index is 10.6. The van der Waals surface area contributed by atoms with Crippen molar-refractivity contribution in [1.29, 1.82) is 0 Å². The number of non-ortho nitro benzene ring substituents is 1. The van der Waals surface area contributed by atoms with E-state index in [1.165, 1.54) is 6.07 Å². The van der Waals surface area contributed by atoms with E-state index in [0.29, 0.717) is 12.8 Å². The molecule has 5 nitrogen and oxygen atoms in total. The van der Waals surface area contributed by atoms with E-state index in [1.54, 1.807) is 12.1 Å². The van der Waals surface area contributed by atoms with Crippen LogP contribution in [0.15, 0.2) is 18.2 Å². The number of nitro groups is 1. The minimum absolute atomic E-state index is 0.0907. The smallest absolute Gasteiger partial charge is 0.271 e. The van der Waals surface area contributed by atoms with Crippen LogP contribution in [-0.4, -0.2) is 22.2 Å². The number of hydrogen-bond donors (Lipinski definition) is 2. The Morgan fingerprint density at radius 1 is 1.50 bits per heavy atom. The Balaban J connectivity index is 2.12. The summed E-state index contributed by atoms with van der Waals surface area (Å²) in [5, 5.41) is 23.0. The average Bonchev–Trinajstić information content (AvgIpc) is 2.18. The predicted octanol–water partition coefficient (Wildman–Crippen LogP) is 1.84. The summed E-state index contributed by atoms with van der Waals surface area (Å²) in [4.78, 5) is 10.2. The summed E-state index contributed by atoms with van der Waals surface area (Å²) < 4.78 is 0. The molecule has 0 bridgehead atoms. The van der Waals surface area contributed by atoms with Gasteiger partial charge in [-0.3, -0.25) is 10.1 Å². The molecule has 0 heterocycles. The van der Waals surface area contributed by atoms with Gasteiger partial charge in [-0.15, -0.1) is 0 Å². The van der Waals surface area contributed by atoms with E-state index in [2.05, 4.69) is 5.32 Å². The van der Waals surface area contributed by atoms with Crippen molar-refractivity contribution in [2.45, 2.75) is 31.9 Å². The van der Waals surface area contributed by atoms with Gasteiger partial charge in [-0.25, -0.2) is 0 Å². The van der Waals surface area contributed by atoms with Crippen LogP contribution in [0.1, 0.15) is 18.4 Å². The number of rotatable bonds is 3. The van der Waals surface area contributed by atoms with Crippen molar-refractivity contribution in [2.75, 3.05) is 5.32 Å². The number of nitrogens with one attached hydrogen (secondary N) is 1. The normalized spacial score (nSPS) is 23.6. The summed E-state index contributed by atoms with van der Waals surface area (Å²) in [6.07, 6.45) is 1.20. The predicted molar refractivity (Wildman–Crippen MR) is 60.5 cm³/mol. The molecule has 16 heavy (non-hydrogen) atoms. The van der Waals surface area contributed by atoms with Gasteiger partial charge in [0.15, 0.2) is 0 Å². The molecule has 2 N–H and O–H groups in total. The SMILES string of the molecule is Cc1ccc([N+](=O)[O-])cc1NC1CC(O)C1. The summed E-state index contributed by atoms with van der Waals surface area (Å²) in [7, 11) is 0. The number of nitrogens with zero attached hydrogens (tertiary/aromatic N) is 1. The number of benzene rings is 1. The molecule has 1 fully saturated rings. The second-order valence-corrected chi connectivity index (χ2v) is 4.22. The summed E-state index contributed by atoms with van der Waals surface area (Å²) in [5.41, 5.74) is 1.85. The third-order valence-corrected chi connectivity index (χ3v) is 2.90. The van der Waals surface area contributed by atoms with Crippen molar-refractivity contribution in [3.63, 3.8) is 0 Å². The van der Waals surface area contributed by atoms with Crippen molar-refractivity contribution in [3.05, 3.63) is 33.9 Å². The lowest BCUT2D eigenvalue weighted by molar-refractivity contribution is -0.384. The minimum Gasteiger partial charge on any atom is -0.393 e. The van der Waals surface area contributed by atoms with Crippen molar-refractivity contribution in [1.82, 2.24) is 0 Å². The lowest BCUT2D eigenvalue weighted by atomic mass is 9.89. The van der Waals surface area contributed by atoms with Crippen LogP contribution in [0, 0.1) is 17.0 Å². The number of aliphatic hydroxyl groups excluding tert-OH is 1. The third kappa shape index (κ3) is 2.14. The minimum atomic E-state index is -0.403. The summed E-state index contributed by atoms with van der Waals surface area (Å²) >= 11 is 0. The topological polar surface area (TPSA) is 75.4 Å². The monoisotopic (exact) mass is 222 g/mol. The highest BCUT2D eigenvalue weighted by Crippen LogP contribution is 2.28. The van der Waals surface area contributed by atoms with E-state index in [-0.39, 0.29) is 17.8 Å². The third-order valence-electron chi connectivity index (χ3n) is 2.90. The molecule has 86 valence electrons. The molecule has 0 spiro atoms. The van der Waals surface area contributed by atoms with E-state index < -0.39 is 4.92 Å². The molecular formula is C11H14N2O3. The first-order valence-electron chi connectivity index (χ1n) is 5.26. The molecule has 1 aromatic rings. The van der Waals surface area contributed by atoms with Crippen molar-refractivity contribution in [3.8, 4) is 0 Å². The Morgan fingerprint density at radius 2 is 2.19 bits per heavy atom. The van der Waals surface area contributed by atoms with Gasteiger partial charge in [-0.05, 0) is 25.3 Å². The Hall–Kier alpha value is -1.62. The first-order chi connectivity index (χ1) is 7.56. The number of aryl methyl sites for hydroxylation is 1. The first-order valence-corrected chi connectivity index (χ1v) is 5.26. The molecule has 2 rings (SSSR count). The molecule has 1 saturated carbocycles. The highest BCUT2D eigenvalue weighted by molar-refractivity contribution is 5.57. The number of anilines is 1. The Morgan fingerprint density at radius 3 is 2.75 bits per heavy atom.